The summed E-state index contributed by atoms with van der Waals surface area (Å²) in [5.74, 6) is 0. The number of thiophene rings is 1. The lowest BCUT2D eigenvalue weighted by atomic mass is 10.2. The highest BCUT2D eigenvalue weighted by Crippen LogP contribution is 2.27. The maximum Gasteiger partial charge on any atom is 0.352 e. The van der Waals surface area contributed by atoms with Gasteiger partial charge in [0.15, 0.2) is 5.65 Å². The first-order valence-corrected chi connectivity index (χ1v) is 7.90. The Morgan fingerprint density at radius 2 is 2.18 bits per heavy atom. The first kappa shape index (κ1) is 13.5. The van der Waals surface area contributed by atoms with Crippen LogP contribution in [0.5, 0.6) is 0 Å². The van der Waals surface area contributed by atoms with Crippen molar-refractivity contribution in [3.8, 4) is 0 Å². The fourth-order valence-electron chi connectivity index (χ4n) is 2.59. The van der Waals surface area contributed by atoms with Gasteiger partial charge >= 0.3 is 5.69 Å². The summed E-state index contributed by atoms with van der Waals surface area (Å²) < 4.78 is 3.07. The molecule has 0 atom stereocenters. The molecule has 4 aromatic rings. The molecule has 3 heterocycles. The van der Waals surface area contributed by atoms with Gasteiger partial charge in [0.2, 0.25) is 0 Å². The van der Waals surface area contributed by atoms with Crippen LogP contribution in [0.2, 0.25) is 5.02 Å². The van der Waals surface area contributed by atoms with Crippen LogP contribution in [0.1, 0.15) is 10.4 Å². The number of benzene rings is 1. The van der Waals surface area contributed by atoms with Crippen molar-refractivity contribution in [2.45, 2.75) is 13.5 Å². The van der Waals surface area contributed by atoms with Crippen LogP contribution in [-0.4, -0.2) is 19.2 Å². The molecule has 0 unspecified atom stereocenters. The molecule has 0 fully saturated rings. The van der Waals surface area contributed by atoms with Gasteiger partial charge in [-0.05, 0) is 30.7 Å². The minimum atomic E-state index is -0.193. The van der Waals surface area contributed by atoms with Crippen molar-refractivity contribution >= 4 is 38.8 Å². The molecule has 3 aromatic heterocycles. The number of hydrogen-bond donors (Lipinski definition) is 0. The summed E-state index contributed by atoms with van der Waals surface area (Å²) in [5, 5.41) is 5.65. The van der Waals surface area contributed by atoms with Gasteiger partial charge in [-0.1, -0.05) is 23.7 Å². The first-order valence-electron chi connectivity index (χ1n) is 6.70. The van der Waals surface area contributed by atoms with E-state index in [1.165, 1.54) is 10.8 Å². The predicted molar refractivity (Wildman–Crippen MR) is 87.9 cm³/mol. The molecule has 7 heteroatoms. The molecule has 0 amide bonds. The van der Waals surface area contributed by atoms with E-state index in [1.54, 1.807) is 15.9 Å². The zero-order valence-corrected chi connectivity index (χ0v) is 13.2. The van der Waals surface area contributed by atoms with Gasteiger partial charge in [0, 0.05) is 9.90 Å². The normalized spacial score (nSPS) is 11.5. The van der Waals surface area contributed by atoms with Crippen LogP contribution in [0.15, 0.2) is 41.5 Å². The molecule has 4 rings (SSSR count). The molecule has 0 aliphatic carbocycles. The summed E-state index contributed by atoms with van der Waals surface area (Å²) >= 11 is 7.62. The Morgan fingerprint density at radius 1 is 1.32 bits per heavy atom. The summed E-state index contributed by atoms with van der Waals surface area (Å²) in [7, 11) is 0. The van der Waals surface area contributed by atoms with Gasteiger partial charge in [0.1, 0.15) is 11.2 Å². The molecule has 5 nitrogen and oxygen atoms in total. The molecule has 0 N–H and O–H groups in total. The second-order valence-corrected chi connectivity index (χ2v) is 6.74. The Labute approximate surface area is 134 Å². The van der Waals surface area contributed by atoms with E-state index < -0.39 is 0 Å². The van der Waals surface area contributed by atoms with Gasteiger partial charge in [-0.3, -0.25) is 4.57 Å². The minimum absolute atomic E-state index is 0.193. The predicted octanol–water partition coefficient (Wildman–Crippen LogP) is 3.12. The van der Waals surface area contributed by atoms with Crippen LogP contribution in [-0.2, 0) is 6.54 Å². The average molecular weight is 331 g/mol. The molecule has 22 heavy (non-hydrogen) atoms. The van der Waals surface area contributed by atoms with E-state index >= 15 is 0 Å². The molecular formula is C15H11ClN4OS. The van der Waals surface area contributed by atoms with Crippen molar-refractivity contribution in [2.75, 3.05) is 0 Å². The Bertz CT molecular complexity index is 1060. The maximum absolute atomic E-state index is 12.7. The third-order valence-corrected chi connectivity index (χ3v) is 4.82. The molecule has 0 saturated carbocycles. The highest BCUT2D eigenvalue weighted by atomic mass is 35.5. The topological polar surface area (TPSA) is 52.2 Å². The summed E-state index contributed by atoms with van der Waals surface area (Å²) in [6.45, 7) is 2.47. The van der Waals surface area contributed by atoms with E-state index in [-0.39, 0.29) is 5.69 Å². The number of nitrogens with zero attached hydrogens (tertiary/aromatic N) is 4. The SMILES string of the molecule is Cc1cc2c(s1)n(Cc1cccc(Cl)c1)c(=O)n1ncnc21. The number of rotatable bonds is 2. The summed E-state index contributed by atoms with van der Waals surface area (Å²) in [4.78, 5) is 18.9. The van der Waals surface area contributed by atoms with Gasteiger partial charge in [0.05, 0.1) is 11.9 Å². The highest BCUT2D eigenvalue weighted by Gasteiger charge is 2.15. The molecule has 0 saturated heterocycles. The zero-order chi connectivity index (χ0) is 15.3. The molecule has 0 spiro atoms. The monoisotopic (exact) mass is 330 g/mol. The lowest BCUT2D eigenvalue weighted by molar-refractivity contribution is 0.720. The van der Waals surface area contributed by atoms with E-state index in [2.05, 4.69) is 10.1 Å². The second-order valence-electron chi connectivity index (χ2n) is 5.07. The molecule has 0 bridgehead atoms. The molecular weight excluding hydrogens is 320 g/mol. The largest absolute Gasteiger partial charge is 0.352 e. The van der Waals surface area contributed by atoms with Crippen LogP contribution in [0.4, 0.5) is 0 Å². The summed E-state index contributed by atoms with van der Waals surface area (Å²) in [6.07, 6.45) is 1.41. The lowest BCUT2D eigenvalue weighted by Gasteiger charge is -2.08. The molecule has 0 aliphatic rings. The van der Waals surface area contributed by atoms with Crippen molar-refractivity contribution in [3.63, 3.8) is 0 Å². The summed E-state index contributed by atoms with van der Waals surface area (Å²) in [6, 6.07) is 9.56. The Hall–Kier alpha value is -2.18. The number of hydrogen-bond acceptors (Lipinski definition) is 4. The van der Waals surface area contributed by atoms with Gasteiger partial charge < -0.3 is 0 Å². The number of fused-ring (bicyclic) bond motifs is 3. The van der Waals surface area contributed by atoms with Crippen molar-refractivity contribution in [1.29, 1.82) is 0 Å². The number of halogens is 1. The Kier molecular flexibility index (Phi) is 3.02. The molecule has 1 aromatic carbocycles. The Balaban J connectivity index is 2.02. The second kappa shape index (κ2) is 4.93. The van der Waals surface area contributed by atoms with Crippen molar-refractivity contribution in [3.05, 3.63) is 62.6 Å². The van der Waals surface area contributed by atoms with E-state index in [9.17, 15) is 4.79 Å². The standard InChI is InChI=1S/C15H11ClN4OS/c1-9-5-12-13-17-8-18-20(13)15(21)19(14(12)22-9)7-10-3-2-4-11(16)6-10/h2-6,8H,7H2,1H3. The fraction of sp³-hybridized carbons (Fsp3) is 0.133. The van der Waals surface area contributed by atoms with Crippen molar-refractivity contribution in [1.82, 2.24) is 19.2 Å². The quantitative estimate of drug-likeness (QED) is 0.567. The van der Waals surface area contributed by atoms with E-state index in [0.717, 1.165) is 20.7 Å². The highest BCUT2D eigenvalue weighted by molar-refractivity contribution is 7.18. The number of aromatic nitrogens is 4. The smallest absolute Gasteiger partial charge is 0.278 e. The van der Waals surface area contributed by atoms with Crippen LogP contribution >= 0.6 is 22.9 Å². The van der Waals surface area contributed by atoms with Crippen LogP contribution in [0.3, 0.4) is 0 Å². The lowest BCUT2D eigenvalue weighted by Crippen LogP contribution is -2.27. The van der Waals surface area contributed by atoms with E-state index in [1.807, 2.05) is 37.3 Å². The van der Waals surface area contributed by atoms with Crippen LogP contribution < -0.4 is 5.69 Å². The van der Waals surface area contributed by atoms with Crippen molar-refractivity contribution < 1.29 is 0 Å². The first-order chi connectivity index (χ1) is 10.6. The van der Waals surface area contributed by atoms with Gasteiger partial charge in [-0.25, -0.2) is 9.78 Å². The molecule has 0 aliphatic heterocycles. The zero-order valence-electron chi connectivity index (χ0n) is 11.7. The third kappa shape index (κ3) is 2.03. The van der Waals surface area contributed by atoms with Gasteiger partial charge in [-0.2, -0.15) is 9.61 Å². The van der Waals surface area contributed by atoms with Crippen molar-refractivity contribution in [2.24, 2.45) is 0 Å². The van der Waals surface area contributed by atoms with Crippen LogP contribution in [0, 0.1) is 6.92 Å². The summed E-state index contributed by atoms with van der Waals surface area (Å²) in [5.41, 5.74) is 1.38. The van der Waals surface area contributed by atoms with Crippen LogP contribution in [0.25, 0.3) is 15.9 Å². The fourth-order valence-corrected chi connectivity index (χ4v) is 3.79. The number of aryl methyl sites for hydroxylation is 1. The Morgan fingerprint density at radius 3 is 3.00 bits per heavy atom. The van der Waals surface area contributed by atoms with Gasteiger partial charge in [0.25, 0.3) is 0 Å². The van der Waals surface area contributed by atoms with E-state index in [0.29, 0.717) is 17.2 Å². The minimum Gasteiger partial charge on any atom is -0.278 e. The van der Waals surface area contributed by atoms with E-state index in [4.69, 9.17) is 11.6 Å². The maximum atomic E-state index is 12.7. The molecule has 0 radical (unpaired) electrons. The molecule has 110 valence electrons. The third-order valence-electron chi connectivity index (χ3n) is 3.51. The van der Waals surface area contributed by atoms with Gasteiger partial charge in [-0.15, -0.1) is 11.3 Å². The average Bonchev–Trinajstić information content (AvgIpc) is 3.09.